The predicted octanol–water partition coefficient (Wildman–Crippen LogP) is 2.54. The molecule has 142 valence electrons. The van der Waals surface area contributed by atoms with Crippen LogP contribution in [-0.2, 0) is 16.0 Å². The van der Waals surface area contributed by atoms with Crippen LogP contribution in [0.25, 0.3) is 0 Å². The van der Waals surface area contributed by atoms with Gasteiger partial charge in [-0.05, 0) is 31.6 Å². The second-order valence-electron chi connectivity index (χ2n) is 7.66. The Morgan fingerprint density at radius 2 is 1.80 bits per heavy atom. The molecule has 0 bridgehead atoms. The molecule has 1 aromatic heterocycles. The zero-order valence-electron chi connectivity index (χ0n) is 16.7. The summed E-state index contributed by atoms with van der Waals surface area (Å²) in [5, 5.41) is 2.97. The second-order valence-corrected chi connectivity index (χ2v) is 7.66. The highest BCUT2D eigenvalue weighted by molar-refractivity contribution is 5.79. The maximum atomic E-state index is 12.4. The van der Waals surface area contributed by atoms with Crippen molar-refractivity contribution in [2.45, 2.75) is 60.4 Å². The maximum Gasteiger partial charge on any atom is 0.228 e. The van der Waals surface area contributed by atoms with Crippen molar-refractivity contribution in [3.63, 3.8) is 0 Å². The van der Waals surface area contributed by atoms with E-state index in [0.717, 1.165) is 11.4 Å². The van der Waals surface area contributed by atoms with Gasteiger partial charge in [0.1, 0.15) is 0 Å². The number of aryl methyl sites for hydroxylation is 1. The first-order valence-corrected chi connectivity index (χ1v) is 9.14. The van der Waals surface area contributed by atoms with Crippen LogP contribution in [0.2, 0.25) is 0 Å². The van der Waals surface area contributed by atoms with Gasteiger partial charge in [-0.3, -0.25) is 9.59 Å². The minimum Gasteiger partial charge on any atom is -0.354 e. The molecule has 2 N–H and O–H groups in total. The van der Waals surface area contributed by atoms with Gasteiger partial charge in [0.15, 0.2) is 0 Å². The number of hydrogen-bond donors (Lipinski definition) is 2. The molecule has 0 fully saturated rings. The molecule has 0 saturated carbocycles. The lowest BCUT2D eigenvalue weighted by Crippen LogP contribution is -2.44. The minimum absolute atomic E-state index is 0.000753. The molecule has 1 aromatic rings. The van der Waals surface area contributed by atoms with Gasteiger partial charge >= 0.3 is 0 Å². The fraction of sp³-hybridized carbons (Fsp3) is 0.737. The summed E-state index contributed by atoms with van der Waals surface area (Å²) in [5.41, 5.74) is 1.68. The van der Waals surface area contributed by atoms with Crippen LogP contribution in [0.15, 0.2) is 6.33 Å². The average molecular weight is 351 g/mol. The first-order chi connectivity index (χ1) is 11.6. The Morgan fingerprint density at radius 3 is 2.28 bits per heavy atom. The van der Waals surface area contributed by atoms with E-state index in [4.69, 9.17) is 0 Å². The van der Waals surface area contributed by atoms with E-state index < -0.39 is 0 Å². The largest absolute Gasteiger partial charge is 0.354 e. The van der Waals surface area contributed by atoms with E-state index in [9.17, 15) is 9.59 Å². The quantitative estimate of drug-likeness (QED) is 0.718. The van der Waals surface area contributed by atoms with Crippen LogP contribution in [-0.4, -0.2) is 46.3 Å². The summed E-state index contributed by atoms with van der Waals surface area (Å²) < 4.78 is 0. The summed E-state index contributed by atoms with van der Waals surface area (Å²) >= 11 is 0. The number of aromatic amines is 1. The molecule has 0 spiro atoms. The molecular formula is C19H34N4O2. The van der Waals surface area contributed by atoms with Crippen molar-refractivity contribution in [3.05, 3.63) is 17.7 Å². The van der Waals surface area contributed by atoms with Crippen LogP contribution >= 0.6 is 0 Å². The van der Waals surface area contributed by atoms with E-state index in [1.54, 1.807) is 18.3 Å². The average Bonchev–Trinajstić information content (AvgIpc) is 2.93. The van der Waals surface area contributed by atoms with E-state index >= 15 is 0 Å². The maximum absolute atomic E-state index is 12.4. The lowest BCUT2D eigenvalue weighted by molar-refractivity contribution is -0.131. The summed E-state index contributed by atoms with van der Waals surface area (Å²) in [6.07, 6.45) is 2.40. The number of nitrogens with one attached hydrogen (secondary N) is 2. The molecule has 0 aliphatic rings. The molecule has 0 saturated heterocycles. The van der Waals surface area contributed by atoms with Crippen LogP contribution < -0.4 is 5.32 Å². The number of carbonyl (C=O) groups excluding carboxylic acids is 2. The van der Waals surface area contributed by atoms with E-state index in [-0.39, 0.29) is 24.3 Å². The van der Waals surface area contributed by atoms with Gasteiger partial charge in [0, 0.05) is 31.7 Å². The molecule has 0 aromatic carbocycles. The van der Waals surface area contributed by atoms with Gasteiger partial charge < -0.3 is 15.2 Å². The zero-order chi connectivity index (χ0) is 19.1. The highest BCUT2D eigenvalue weighted by Gasteiger charge is 2.22. The van der Waals surface area contributed by atoms with Crippen molar-refractivity contribution in [2.24, 2.45) is 17.8 Å². The van der Waals surface area contributed by atoms with Crippen LogP contribution in [0.1, 0.15) is 52.4 Å². The number of amides is 2. The monoisotopic (exact) mass is 350 g/mol. The third kappa shape index (κ3) is 6.52. The third-order valence-corrected chi connectivity index (χ3v) is 5.04. The number of nitrogens with zero attached hydrogens (tertiary/aromatic N) is 2. The SMILES string of the molecule is Cc1[nH]cnc1CC(=O)N(C)C(C)CNC(=O)CC(C(C)C)C(C)C. The first-order valence-electron chi connectivity index (χ1n) is 9.14. The van der Waals surface area contributed by atoms with Crippen molar-refractivity contribution in [3.8, 4) is 0 Å². The summed E-state index contributed by atoms with van der Waals surface area (Å²) in [6.45, 7) is 12.9. The summed E-state index contributed by atoms with van der Waals surface area (Å²) in [7, 11) is 1.77. The molecule has 1 atom stereocenters. The highest BCUT2D eigenvalue weighted by Crippen LogP contribution is 2.23. The number of carbonyl (C=O) groups is 2. The van der Waals surface area contributed by atoms with Crippen molar-refractivity contribution in [1.82, 2.24) is 20.2 Å². The van der Waals surface area contributed by atoms with Gasteiger partial charge in [-0.15, -0.1) is 0 Å². The van der Waals surface area contributed by atoms with Crippen molar-refractivity contribution in [2.75, 3.05) is 13.6 Å². The fourth-order valence-electron chi connectivity index (χ4n) is 3.01. The Bertz CT molecular complexity index is 558. The number of H-pyrrole nitrogens is 1. The van der Waals surface area contributed by atoms with Gasteiger partial charge in [-0.25, -0.2) is 4.98 Å². The van der Waals surface area contributed by atoms with Gasteiger partial charge in [0.2, 0.25) is 11.8 Å². The van der Waals surface area contributed by atoms with E-state index in [2.05, 4.69) is 43.0 Å². The van der Waals surface area contributed by atoms with Gasteiger partial charge in [-0.1, -0.05) is 27.7 Å². The van der Waals surface area contributed by atoms with Crippen LogP contribution in [0.4, 0.5) is 0 Å². The third-order valence-electron chi connectivity index (χ3n) is 5.04. The Morgan fingerprint density at radius 1 is 1.20 bits per heavy atom. The lowest BCUT2D eigenvalue weighted by Gasteiger charge is -2.27. The van der Waals surface area contributed by atoms with E-state index in [1.807, 2.05) is 13.8 Å². The Balaban J connectivity index is 2.46. The van der Waals surface area contributed by atoms with Crippen LogP contribution in [0.3, 0.4) is 0 Å². The molecule has 2 amide bonds. The van der Waals surface area contributed by atoms with E-state index in [1.165, 1.54) is 0 Å². The highest BCUT2D eigenvalue weighted by atomic mass is 16.2. The molecule has 1 heterocycles. The number of likely N-dealkylation sites (N-methyl/N-ethyl adjacent to an activating group) is 1. The molecule has 0 aliphatic carbocycles. The minimum atomic E-state index is -0.0627. The van der Waals surface area contributed by atoms with Gasteiger partial charge in [-0.2, -0.15) is 0 Å². The lowest BCUT2D eigenvalue weighted by atomic mass is 9.83. The molecule has 25 heavy (non-hydrogen) atoms. The standard InChI is InChI=1S/C19H34N4O2/c1-12(2)16(13(3)4)8-18(24)20-10-14(5)23(7)19(25)9-17-15(6)21-11-22-17/h11-14,16H,8-10H2,1-7H3,(H,20,24)(H,21,22). The smallest absolute Gasteiger partial charge is 0.228 e. The molecule has 1 unspecified atom stereocenters. The predicted molar refractivity (Wildman–Crippen MR) is 100 cm³/mol. The van der Waals surface area contributed by atoms with Crippen molar-refractivity contribution < 1.29 is 9.59 Å². The topological polar surface area (TPSA) is 78.1 Å². The number of hydrogen-bond acceptors (Lipinski definition) is 3. The summed E-state index contributed by atoms with van der Waals surface area (Å²) in [6, 6.07) is -0.0627. The second kappa shape index (κ2) is 9.59. The molecule has 0 aliphatic heterocycles. The number of rotatable bonds is 9. The molecule has 6 heteroatoms. The van der Waals surface area contributed by atoms with Crippen LogP contribution in [0.5, 0.6) is 0 Å². The normalized spacial score (nSPS) is 12.7. The Kier molecular flexibility index (Phi) is 8.13. The fourth-order valence-corrected chi connectivity index (χ4v) is 3.01. The molecule has 1 rings (SSSR count). The number of aromatic nitrogens is 2. The summed E-state index contributed by atoms with van der Waals surface area (Å²) in [5.74, 6) is 1.38. The van der Waals surface area contributed by atoms with Gasteiger partial charge in [0.25, 0.3) is 0 Å². The number of imidazole rings is 1. The van der Waals surface area contributed by atoms with Crippen molar-refractivity contribution in [1.29, 1.82) is 0 Å². The van der Waals surface area contributed by atoms with Crippen LogP contribution in [0, 0.1) is 24.7 Å². The zero-order valence-corrected chi connectivity index (χ0v) is 16.7. The molecular weight excluding hydrogens is 316 g/mol. The molecule has 6 nitrogen and oxygen atoms in total. The summed E-state index contributed by atoms with van der Waals surface area (Å²) in [4.78, 5) is 33.4. The van der Waals surface area contributed by atoms with Gasteiger partial charge in [0.05, 0.1) is 18.4 Å². The Hall–Kier alpha value is -1.85. The van der Waals surface area contributed by atoms with Crippen molar-refractivity contribution >= 4 is 11.8 Å². The van der Waals surface area contributed by atoms with E-state index in [0.29, 0.717) is 30.7 Å². The molecule has 0 radical (unpaired) electrons. The Labute approximate surface area is 151 Å². The first kappa shape index (κ1) is 21.2.